The molecule has 0 aromatic heterocycles. The first-order valence-corrected chi connectivity index (χ1v) is 6.98. The summed E-state index contributed by atoms with van der Waals surface area (Å²) < 4.78 is 13.2. The maximum Gasteiger partial charge on any atom is 0.119 e. The van der Waals surface area contributed by atoms with Crippen LogP contribution in [0.2, 0.25) is 0 Å². The summed E-state index contributed by atoms with van der Waals surface area (Å²) in [6.45, 7) is 3.73. The van der Waals surface area contributed by atoms with Crippen LogP contribution < -0.4 is 10.2 Å². The standard InChI is InChI=1S/C15H19FN2.2ClH/c16-13-5-6-18(9-13)14-3-1-11(2-4-14)15-7-12(15)8-17-10-15;;/h1-4,12-13,17H,5-10H2;2*1H. The van der Waals surface area contributed by atoms with E-state index < -0.39 is 6.17 Å². The molecule has 1 aliphatic carbocycles. The largest absolute Gasteiger partial charge is 0.369 e. The fourth-order valence-electron chi connectivity index (χ4n) is 3.75. The van der Waals surface area contributed by atoms with E-state index in [1.807, 2.05) is 0 Å². The van der Waals surface area contributed by atoms with Crippen molar-refractivity contribution >= 4 is 30.5 Å². The number of hydrogen-bond donors (Lipinski definition) is 1. The first-order valence-electron chi connectivity index (χ1n) is 6.98. The summed E-state index contributed by atoms with van der Waals surface area (Å²) in [4.78, 5) is 2.16. The van der Waals surface area contributed by atoms with Crippen molar-refractivity contribution in [1.82, 2.24) is 5.32 Å². The van der Waals surface area contributed by atoms with E-state index in [0.717, 1.165) is 19.0 Å². The Balaban J connectivity index is 0.000000735. The summed E-state index contributed by atoms with van der Waals surface area (Å²) in [6, 6.07) is 8.87. The Morgan fingerprint density at radius 1 is 1.20 bits per heavy atom. The summed E-state index contributed by atoms with van der Waals surface area (Å²) in [7, 11) is 0. The van der Waals surface area contributed by atoms with Crippen LogP contribution in [-0.4, -0.2) is 32.4 Å². The van der Waals surface area contributed by atoms with Crippen molar-refractivity contribution in [2.24, 2.45) is 5.92 Å². The molecule has 1 saturated carbocycles. The molecule has 3 atom stereocenters. The van der Waals surface area contributed by atoms with Gasteiger partial charge in [0, 0.05) is 30.7 Å². The molecule has 112 valence electrons. The fraction of sp³-hybridized carbons (Fsp3) is 0.600. The molecule has 0 radical (unpaired) electrons. The smallest absolute Gasteiger partial charge is 0.119 e. The van der Waals surface area contributed by atoms with Gasteiger partial charge < -0.3 is 10.2 Å². The number of hydrogen-bond acceptors (Lipinski definition) is 2. The van der Waals surface area contributed by atoms with Gasteiger partial charge in [0.1, 0.15) is 6.17 Å². The molecule has 1 N–H and O–H groups in total. The van der Waals surface area contributed by atoms with Crippen molar-refractivity contribution in [1.29, 1.82) is 0 Å². The average Bonchev–Trinajstić information content (AvgIpc) is 2.75. The number of benzene rings is 1. The van der Waals surface area contributed by atoms with Crippen LogP contribution in [0, 0.1) is 5.92 Å². The van der Waals surface area contributed by atoms with Crippen LogP contribution in [0.3, 0.4) is 0 Å². The Kier molecular flexibility index (Phi) is 4.53. The molecule has 2 nitrogen and oxygen atoms in total. The number of alkyl halides is 1. The van der Waals surface area contributed by atoms with Gasteiger partial charge in [-0.25, -0.2) is 4.39 Å². The van der Waals surface area contributed by atoms with Gasteiger partial charge in [-0.15, -0.1) is 24.8 Å². The summed E-state index contributed by atoms with van der Waals surface area (Å²) in [6.07, 6.45) is 1.38. The molecular formula is C15H21Cl2FN2. The lowest BCUT2D eigenvalue weighted by Crippen LogP contribution is -2.21. The van der Waals surface area contributed by atoms with E-state index in [0.29, 0.717) is 18.4 Å². The van der Waals surface area contributed by atoms with Crippen LogP contribution in [0.5, 0.6) is 0 Å². The molecule has 0 bridgehead atoms. The number of fused-ring (bicyclic) bond motifs is 1. The van der Waals surface area contributed by atoms with Gasteiger partial charge in [0.2, 0.25) is 0 Å². The molecule has 0 spiro atoms. The third kappa shape index (κ3) is 2.40. The fourth-order valence-corrected chi connectivity index (χ4v) is 3.75. The van der Waals surface area contributed by atoms with E-state index in [-0.39, 0.29) is 24.8 Å². The number of piperidine rings is 1. The van der Waals surface area contributed by atoms with Gasteiger partial charge in [-0.3, -0.25) is 0 Å². The van der Waals surface area contributed by atoms with Crippen LogP contribution in [-0.2, 0) is 5.41 Å². The molecule has 1 aromatic carbocycles. The first kappa shape index (κ1) is 15.9. The molecule has 3 fully saturated rings. The molecule has 5 heteroatoms. The summed E-state index contributed by atoms with van der Waals surface area (Å²) in [5.74, 6) is 0.852. The maximum atomic E-state index is 13.2. The highest BCUT2D eigenvalue weighted by Gasteiger charge is 2.57. The molecule has 20 heavy (non-hydrogen) atoms. The van der Waals surface area contributed by atoms with Crippen LogP contribution in [0.4, 0.5) is 10.1 Å². The van der Waals surface area contributed by atoms with E-state index in [2.05, 4.69) is 34.5 Å². The topological polar surface area (TPSA) is 15.3 Å². The van der Waals surface area contributed by atoms with Crippen LogP contribution in [0.1, 0.15) is 18.4 Å². The van der Waals surface area contributed by atoms with Crippen molar-refractivity contribution < 1.29 is 4.39 Å². The van der Waals surface area contributed by atoms with Gasteiger partial charge in [-0.05, 0) is 43.0 Å². The first-order chi connectivity index (χ1) is 8.78. The van der Waals surface area contributed by atoms with Gasteiger partial charge >= 0.3 is 0 Å². The Hall–Kier alpha value is -0.510. The zero-order valence-corrected chi connectivity index (χ0v) is 13.0. The molecule has 4 rings (SSSR count). The lowest BCUT2D eigenvalue weighted by molar-refractivity contribution is 0.364. The Labute approximate surface area is 131 Å². The molecule has 3 unspecified atom stereocenters. The minimum atomic E-state index is -0.643. The monoisotopic (exact) mass is 318 g/mol. The lowest BCUT2D eigenvalue weighted by atomic mass is 9.95. The number of nitrogens with zero attached hydrogens (tertiary/aromatic N) is 1. The second-order valence-electron chi connectivity index (χ2n) is 6.07. The summed E-state index contributed by atoms with van der Waals surface area (Å²) >= 11 is 0. The molecule has 2 aliphatic heterocycles. The van der Waals surface area contributed by atoms with Crippen molar-refractivity contribution in [3.63, 3.8) is 0 Å². The lowest BCUT2D eigenvalue weighted by Gasteiger charge is -2.19. The van der Waals surface area contributed by atoms with E-state index in [1.165, 1.54) is 24.2 Å². The summed E-state index contributed by atoms with van der Waals surface area (Å²) in [5.41, 5.74) is 3.09. The van der Waals surface area contributed by atoms with Gasteiger partial charge in [0.05, 0.1) is 0 Å². The highest BCUT2D eigenvalue weighted by molar-refractivity contribution is 5.85. The number of anilines is 1. The van der Waals surface area contributed by atoms with E-state index >= 15 is 0 Å². The van der Waals surface area contributed by atoms with E-state index in [4.69, 9.17) is 0 Å². The number of nitrogens with one attached hydrogen (secondary N) is 1. The third-order valence-electron chi connectivity index (χ3n) is 5.00. The molecule has 0 amide bonds. The highest BCUT2D eigenvalue weighted by atomic mass is 35.5. The molecule has 2 saturated heterocycles. The normalized spacial score (nSPS) is 34.1. The van der Waals surface area contributed by atoms with Crippen molar-refractivity contribution in [3.05, 3.63) is 29.8 Å². The van der Waals surface area contributed by atoms with Gasteiger partial charge in [-0.1, -0.05) is 12.1 Å². The molecule has 3 aliphatic rings. The van der Waals surface area contributed by atoms with E-state index in [1.54, 1.807) is 0 Å². The molecular weight excluding hydrogens is 298 g/mol. The van der Waals surface area contributed by atoms with Gasteiger partial charge in [-0.2, -0.15) is 0 Å². The third-order valence-corrected chi connectivity index (χ3v) is 5.00. The quantitative estimate of drug-likeness (QED) is 0.902. The zero-order valence-electron chi connectivity index (χ0n) is 11.3. The van der Waals surface area contributed by atoms with Gasteiger partial charge in [0.25, 0.3) is 0 Å². The van der Waals surface area contributed by atoms with Crippen molar-refractivity contribution in [3.8, 4) is 0 Å². The Morgan fingerprint density at radius 2 is 1.95 bits per heavy atom. The second kappa shape index (κ2) is 5.70. The summed E-state index contributed by atoms with van der Waals surface area (Å²) in [5, 5.41) is 3.48. The second-order valence-corrected chi connectivity index (χ2v) is 6.07. The molecule has 1 aromatic rings. The predicted octanol–water partition coefficient (Wildman–Crippen LogP) is 2.94. The van der Waals surface area contributed by atoms with Crippen LogP contribution in [0.15, 0.2) is 24.3 Å². The SMILES string of the molecule is Cl.Cl.FC1CCN(c2ccc(C34CNCC3C4)cc2)C1. The highest BCUT2D eigenvalue weighted by Crippen LogP contribution is 2.56. The molecule has 2 heterocycles. The average molecular weight is 319 g/mol. The van der Waals surface area contributed by atoms with E-state index in [9.17, 15) is 4.39 Å². The maximum absolute atomic E-state index is 13.2. The Morgan fingerprint density at radius 3 is 2.45 bits per heavy atom. The minimum absolute atomic E-state index is 0. The van der Waals surface area contributed by atoms with Crippen LogP contribution >= 0.6 is 24.8 Å². The predicted molar refractivity (Wildman–Crippen MR) is 85.3 cm³/mol. The number of halogens is 3. The van der Waals surface area contributed by atoms with Crippen LogP contribution in [0.25, 0.3) is 0 Å². The number of rotatable bonds is 2. The minimum Gasteiger partial charge on any atom is -0.369 e. The zero-order chi connectivity index (χ0) is 12.2. The van der Waals surface area contributed by atoms with Gasteiger partial charge in [0.15, 0.2) is 0 Å². The van der Waals surface area contributed by atoms with Crippen molar-refractivity contribution in [2.75, 3.05) is 31.1 Å². The Bertz CT molecular complexity index is 467. The van der Waals surface area contributed by atoms with Crippen molar-refractivity contribution in [2.45, 2.75) is 24.4 Å².